The number of aromatic carboxylic acids is 1. The molecule has 21 heavy (non-hydrogen) atoms. The molecular formula is C13H9F4NO2S. The number of rotatable bonds is 4. The maximum Gasteiger partial charge on any atom is 0.345 e. The normalized spacial score (nSPS) is 10.7. The first-order chi connectivity index (χ1) is 9.81. The van der Waals surface area contributed by atoms with Crippen LogP contribution < -0.4 is 5.32 Å². The Hall–Kier alpha value is -2.09. The van der Waals surface area contributed by atoms with Crippen molar-refractivity contribution in [3.63, 3.8) is 0 Å². The van der Waals surface area contributed by atoms with Gasteiger partial charge in [-0.05, 0) is 18.6 Å². The van der Waals surface area contributed by atoms with Gasteiger partial charge in [0.2, 0.25) is 0 Å². The summed E-state index contributed by atoms with van der Waals surface area (Å²) in [6.07, 6.45) is 0. The first-order valence-electron chi connectivity index (χ1n) is 5.70. The van der Waals surface area contributed by atoms with E-state index in [4.69, 9.17) is 5.11 Å². The number of nitrogens with one attached hydrogen (secondary N) is 1. The number of hydrogen-bond donors (Lipinski definition) is 2. The molecule has 2 N–H and O–H groups in total. The average Bonchev–Trinajstić information content (AvgIpc) is 2.78. The number of carboxylic acid groups (broad SMARTS) is 1. The summed E-state index contributed by atoms with van der Waals surface area (Å²) in [5.41, 5.74) is -0.448. The predicted octanol–water partition coefficient (Wildman–Crippen LogP) is 3.92. The van der Waals surface area contributed by atoms with Gasteiger partial charge in [-0.1, -0.05) is 0 Å². The molecule has 0 bridgehead atoms. The smallest absolute Gasteiger partial charge is 0.345 e. The Balaban J connectivity index is 2.27. The van der Waals surface area contributed by atoms with Crippen LogP contribution in [0.25, 0.3) is 0 Å². The molecule has 0 saturated heterocycles. The standard InChI is InChI=1S/C13H9F4NO2S/c1-5-6(2-9(21-5)13(19)20)4-18-12-10(16)7(14)3-8(15)11(12)17/h2-3,18H,4H2,1H3,(H,19,20). The second-order valence-electron chi connectivity index (χ2n) is 4.19. The van der Waals surface area contributed by atoms with Crippen LogP contribution in [0.2, 0.25) is 0 Å². The van der Waals surface area contributed by atoms with Crippen molar-refractivity contribution >= 4 is 23.0 Å². The molecule has 2 aromatic rings. The monoisotopic (exact) mass is 319 g/mol. The molecule has 112 valence electrons. The Labute approximate surface area is 120 Å². The van der Waals surface area contributed by atoms with E-state index in [0.29, 0.717) is 10.4 Å². The lowest BCUT2D eigenvalue weighted by Gasteiger charge is -2.09. The predicted molar refractivity (Wildman–Crippen MR) is 69.6 cm³/mol. The highest BCUT2D eigenvalue weighted by atomic mass is 32.1. The van der Waals surface area contributed by atoms with Crippen molar-refractivity contribution in [3.05, 3.63) is 50.7 Å². The second-order valence-corrected chi connectivity index (χ2v) is 5.45. The summed E-state index contributed by atoms with van der Waals surface area (Å²) >= 11 is 0.997. The van der Waals surface area contributed by atoms with E-state index >= 15 is 0 Å². The molecule has 1 aromatic heterocycles. The maximum absolute atomic E-state index is 13.4. The number of benzene rings is 1. The fraction of sp³-hybridized carbons (Fsp3) is 0.154. The quantitative estimate of drug-likeness (QED) is 0.663. The van der Waals surface area contributed by atoms with Crippen LogP contribution in [-0.4, -0.2) is 11.1 Å². The van der Waals surface area contributed by atoms with Gasteiger partial charge in [0.05, 0.1) is 0 Å². The first-order valence-corrected chi connectivity index (χ1v) is 6.52. The molecule has 0 aliphatic heterocycles. The lowest BCUT2D eigenvalue weighted by molar-refractivity contribution is 0.0702. The summed E-state index contributed by atoms with van der Waals surface area (Å²) in [7, 11) is 0. The Kier molecular flexibility index (Phi) is 4.17. The lowest BCUT2D eigenvalue weighted by atomic mass is 10.2. The van der Waals surface area contributed by atoms with Crippen molar-refractivity contribution in [2.75, 3.05) is 5.32 Å². The van der Waals surface area contributed by atoms with Crippen LogP contribution in [0.15, 0.2) is 12.1 Å². The molecule has 0 saturated carbocycles. The van der Waals surface area contributed by atoms with Gasteiger partial charge < -0.3 is 10.4 Å². The second kappa shape index (κ2) is 5.72. The number of carbonyl (C=O) groups is 1. The molecule has 2 rings (SSSR count). The van der Waals surface area contributed by atoms with Gasteiger partial charge in [-0.2, -0.15) is 0 Å². The molecule has 0 atom stereocenters. The van der Waals surface area contributed by atoms with Crippen LogP contribution in [0.5, 0.6) is 0 Å². The lowest BCUT2D eigenvalue weighted by Crippen LogP contribution is -2.07. The van der Waals surface area contributed by atoms with E-state index in [1.165, 1.54) is 6.07 Å². The zero-order valence-corrected chi connectivity index (χ0v) is 11.5. The van der Waals surface area contributed by atoms with Gasteiger partial charge in [0.25, 0.3) is 0 Å². The summed E-state index contributed by atoms with van der Waals surface area (Å²) in [4.78, 5) is 11.5. The van der Waals surface area contributed by atoms with Crippen LogP contribution in [0, 0.1) is 30.2 Å². The van der Waals surface area contributed by atoms with Gasteiger partial charge in [-0.25, -0.2) is 22.4 Å². The Bertz CT molecular complexity index is 688. The highest BCUT2D eigenvalue weighted by Crippen LogP contribution is 2.27. The molecule has 0 amide bonds. The minimum Gasteiger partial charge on any atom is -0.477 e. The largest absolute Gasteiger partial charge is 0.477 e. The molecule has 0 radical (unpaired) electrons. The maximum atomic E-state index is 13.4. The zero-order valence-electron chi connectivity index (χ0n) is 10.6. The van der Waals surface area contributed by atoms with Gasteiger partial charge in [-0.3, -0.25) is 0 Å². The van der Waals surface area contributed by atoms with Crippen molar-refractivity contribution in [2.45, 2.75) is 13.5 Å². The van der Waals surface area contributed by atoms with Crippen molar-refractivity contribution in [3.8, 4) is 0 Å². The number of anilines is 1. The molecule has 1 aromatic carbocycles. The van der Waals surface area contributed by atoms with Crippen molar-refractivity contribution in [2.24, 2.45) is 0 Å². The fourth-order valence-corrected chi connectivity index (χ4v) is 2.59. The van der Waals surface area contributed by atoms with E-state index in [-0.39, 0.29) is 17.5 Å². The van der Waals surface area contributed by atoms with Gasteiger partial charge >= 0.3 is 5.97 Å². The van der Waals surface area contributed by atoms with E-state index in [2.05, 4.69) is 5.32 Å². The van der Waals surface area contributed by atoms with Crippen LogP contribution >= 0.6 is 11.3 Å². The molecule has 0 unspecified atom stereocenters. The summed E-state index contributed by atoms with van der Waals surface area (Å²) in [6.45, 7) is 1.47. The van der Waals surface area contributed by atoms with E-state index in [0.717, 1.165) is 11.3 Å². The van der Waals surface area contributed by atoms with Gasteiger partial charge in [0, 0.05) is 17.5 Å². The third-order valence-electron chi connectivity index (χ3n) is 2.80. The minimum atomic E-state index is -1.53. The van der Waals surface area contributed by atoms with Crippen molar-refractivity contribution in [1.29, 1.82) is 0 Å². The molecule has 3 nitrogen and oxygen atoms in total. The summed E-state index contributed by atoms with van der Waals surface area (Å²) in [5, 5.41) is 11.1. The minimum absolute atomic E-state index is 0.0654. The van der Waals surface area contributed by atoms with E-state index in [9.17, 15) is 22.4 Å². The molecule has 0 fully saturated rings. The number of halogens is 4. The Morgan fingerprint density at radius 2 is 1.76 bits per heavy atom. The highest BCUT2D eigenvalue weighted by Gasteiger charge is 2.19. The average molecular weight is 319 g/mol. The van der Waals surface area contributed by atoms with Crippen molar-refractivity contribution < 1.29 is 27.5 Å². The number of carboxylic acids is 1. The number of thiophene rings is 1. The van der Waals surface area contributed by atoms with E-state index in [1.807, 2.05) is 0 Å². The molecule has 0 aliphatic rings. The molecule has 1 heterocycles. The molecule has 8 heteroatoms. The highest BCUT2D eigenvalue weighted by molar-refractivity contribution is 7.14. The summed E-state index contributed by atoms with van der Waals surface area (Å²) in [6, 6.07) is 1.45. The van der Waals surface area contributed by atoms with Gasteiger partial charge in [0.15, 0.2) is 23.3 Å². The van der Waals surface area contributed by atoms with Gasteiger partial charge in [0.1, 0.15) is 10.6 Å². The van der Waals surface area contributed by atoms with Gasteiger partial charge in [-0.15, -0.1) is 11.3 Å². The SMILES string of the molecule is Cc1sc(C(=O)O)cc1CNc1c(F)c(F)cc(F)c1F. The Morgan fingerprint density at radius 3 is 2.24 bits per heavy atom. The molecule has 0 spiro atoms. The van der Waals surface area contributed by atoms with Crippen LogP contribution in [0.4, 0.5) is 23.2 Å². The van der Waals surface area contributed by atoms with Crippen LogP contribution in [-0.2, 0) is 6.54 Å². The fourth-order valence-electron chi connectivity index (χ4n) is 1.71. The Morgan fingerprint density at radius 1 is 1.19 bits per heavy atom. The first kappa shape index (κ1) is 15.3. The van der Waals surface area contributed by atoms with E-state index < -0.39 is 34.9 Å². The van der Waals surface area contributed by atoms with Crippen LogP contribution in [0.3, 0.4) is 0 Å². The van der Waals surface area contributed by atoms with Crippen molar-refractivity contribution in [1.82, 2.24) is 0 Å². The summed E-state index contributed by atoms with van der Waals surface area (Å²) < 4.78 is 53.0. The van der Waals surface area contributed by atoms with E-state index in [1.54, 1.807) is 6.92 Å². The van der Waals surface area contributed by atoms with Crippen LogP contribution in [0.1, 0.15) is 20.1 Å². The number of aryl methyl sites for hydroxylation is 1. The molecule has 0 aliphatic carbocycles. The topological polar surface area (TPSA) is 49.3 Å². The zero-order chi connectivity index (χ0) is 15.7. The third kappa shape index (κ3) is 2.99. The third-order valence-corrected chi connectivity index (χ3v) is 3.88. The number of hydrogen-bond acceptors (Lipinski definition) is 3. The summed E-state index contributed by atoms with van der Waals surface area (Å²) in [5.74, 6) is -7.20. The molecular weight excluding hydrogens is 310 g/mol.